The van der Waals surface area contributed by atoms with Crippen molar-refractivity contribution >= 4 is 35.0 Å². The van der Waals surface area contributed by atoms with Gasteiger partial charge < -0.3 is 35.8 Å². The number of nitrogens with two attached hydrogens (primary N) is 1. The van der Waals surface area contributed by atoms with Crippen molar-refractivity contribution in [3.63, 3.8) is 0 Å². The van der Waals surface area contributed by atoms with Gasteiger partial charge in [0.1, 0.15) is 17.2 Å². The molecule has 0 bridgehead atoms. The van der Waals surface area contributed by atoms with Crippen molar-refractivity contribution in [2.75, 3.05) is 44.6 Å². The summed E-state index contributed by atoms with van der Waals surface area (Å²) in [5.74, 6) is 0.509. The number of aliphatic hydroxyl groups is 1. The van der Waals surface area contributed by atoms with E-state index in [9.17, 15) is 14.7 Å². The molecule has 12 nitrogen and oxygen atoms in total. The fourth-order valence-corrected chi connectivity index (χ4v) is 3.23. The number of aromatic nitrogens is 1. The van der Waals surface area contributed by atoms with Gasteiger partial charge in [-0.3, -0.25) is 4.79 Å². The number of azo groups is 1. The molecule has 2 heterocycles. The minimum absolute atomic E-state index is 0.0948. The minimum Gasteiger partial charge on any atom is -0.455 e. The summed E-state index contributed by atoms with van der Waals surface area (Å²) in [6.45, 7) is 0.280. The molecule has 0 radical (unpaired) electrons. The van der Waals surface area contributed by atoms with Crippen LogP contribution in [-0.4, -0.2) is 66.6 Å². The number of nitrogens with one attached hydrogen (secondary N) is 2. The van der Waals surface area contributed by atoms with Gasteiger partial charge in [-0.05, 0) is 44.2 Å². The maximum absolute atomic E-state index is 12.2. The molecule has 2 amide bonds. The summed E-state index contributed by atoms with van der Waals surface area (Å²) < 4.78 is 10.7. The number of aliphatic hydroxyl groups excluding tert-OH is 1. The summed E-state index contributed by atoms with van der Waals surface area (Å²) in [6.07, 6.45) is 1.04. The normalized spacial score (nSPS) is 15.6. The third-order valence-electron chi connectivity index (χ3n) is 4.86. The van der Waals surface area contributed by atoms with Gasteiger partial charge in [-0.2, -0.15) is 0 Å². The van der Waals surface area contributed by atoms with Crippen molar-refractivity contribution in [1.29, 1.82) is 0 Å². The third-order valence-corrected chi connectivity index (χ3v) is 4.86. The summed E-state index contributed by atoms with van der Waals surface area (Å²) >= 11 is 0. The van der Waals surface area contributed by atoms with E-state index in [1.807, 2.05) is 0 Å². The van der Waals surface area contributed by atoms with Gasteiger partial charge in [-0.15, -0.1) is 10.2 Å². The predicted molar refractivity (Wildman–Crippen MR) is 121 cm³/mol. The molecule has 3 rings (SSSR count). The Labute approximate surface area is 190 Å². The van der Waals surface area contributed by atoms with Crippen LogP contribution in [0.2, 0.25) is 0 Å². The average Bonchev–Trinajstić information content (AvgIpc) is 3.28. The van der Waals surface area contributed by atoms with E-state index in [1.54, 1.807) is 43.4 Å². The second-order valence-corrected chi connectivity index (χ2v) is 7.19. The fraction of sp³-hybridized carbons (Fsp3) is 0.381. The molecule has 1 atom stereocenters. The van der Waals surface area contributed by atoms with Crippen LogP contribution < -0.4 is 21.1 Å². The van der Waals surface area contributed by atoms with E-state index in [1.165, 1.54) is 4.90 Å². The molecule has 176 valence electrons. The number of likely N-dealkylation sites (tertiary alicyclic amines) is 1. The molecule has 0 aliphatic carbocycles. The first-order valence-electron chi connectivity index (χ1n) is 10.4. The lowest BCUT2D eigenvalue weighted by atomic mass is 10.2. The Kier molecular flexibility index (Phi) is 8.49. The van der Waals surface area contributed by atoms with E-state index in [4.69, 9.17) is 15.2 Å². The van der Waals surface area contributed by atoms with E-state index >= 15 is 0 Å². The number of carbonyl (C=O) groups excluding carboxylic acids is 2. The first-order valence-corrected chi connectivity index (χ1v) is 10.4. The highest BCUT2D eigenvalue weighted by atomic mass is 16.7. The minimum atomic E-state index is -0.536. The number of para-hydroxylation sites is 1. The maximum atomic E-state index is 12.2. The van der Waals surface area contributed by atoms with Crippen LogP contribution in [0.1, 0.15) is 12.8 Å². The molecule has 1 aromatic heterocycles. The van der Waals surface area contributed by atoms with Gasteiger partial charge in [0, 0.05) is 6.54 Å². The molecule has 0 saturated carbocycles. The van der Waals surface area contributed by atoms with Crippen LogP contribution in [0.15, 0.2) is 46.6 Å². The smallest absolute Gasteiger partial charge is 0.412 e. The Morgan fingerprint density at radius 2 is 2.03 bits per heavy atom. The Bertz CT molecular complexity index is 1000. The van der Waals surface area contributed by atoms with Crippen molar-refractivity contribution in [3.05, 3.63) is 36.4 Å². The number of nitrogen functional groups attached to an aromatic ring is 1. The monoisotopic (exact) mass is 457 g/mol. The van der Waals surface area contributed by atoms with Crippen molar-refractivity contribution in [1.82, 2.24) is 15.2 Å². The molecule has 33 heavy (non-hydrogen) atoms. The van der Waals surface area contributed by atoms with Crippen LogP contribution in [-0.2, 0) is 9.53 Å². The van der Waals surface area contributed by atoms with Gasteiger partial charge in [0.2, 0.25) is 12.7 Å². The first kappa shape index (κ1) is 23.9. The standard InChI is InChI=1S/C21H27N7O5/c1-23-11-19(30)24-18-9-8-16(20(22)25-18)27-26-15-6-2-3-7-17(15)32-13-33-21(31)28-10-4-5-14(28)12-29/h2-3,6-9,14,23,29H,4-5,10-13H2,1H3,(H3,22,24,25,30). The number of amides is 2. The van der Waals surface area contributed by atoms with E-state index in [0.29, 0.717) is 29.5 Å². The van der Waals surface area contributed by atoms with Crippen molar-refractivity contribution in [2.24, 2.45) is 10.2 Å². The van der Waals surface area contributed by atoms with Gasteiger partial charge >= 0.3 is 6.09 Å². The molecule has 1 saturated heterocycles. The highest BCUT2D eigenvalue weighted by molar-refractivity contribution is 5.91. The number of likely N-dealkylation sites (N-methyl/N-ethyl adjacent to an activating group) is 1. The third kappa shape index (κ3) is 6.60. The molecule has 1 unspecified atom stereocenters. The molecule has 12 heteroatoms. The first-order chi connectivity index (χ1) is 16.0. The summed E-state index contributed by atoms with van der Waals surface area (Å²) in [5.41, 5.74) is 6.64. The lowest BCUT2D eigenvalue weighted by Gasteiger charge is -2.22. The molecule has 2 aromatic rings. The Hall–Kier alpha value is -3.77. The summed E-state index contributed by atoms with van der Waals surface area (Å²) in [4.78, 5) is 29.4. The van der Waals surface area contributed by atoms with Crippen molar-refractivity contribution in [3.8, 4) is 5.75 Å². The molecule has 1 aliphatic heterocycles. The molecular formula is C21H27N7O5. The maximum Gasteiger partial charge on any atom is 0.412 e. The van der Waals surface area contributed by atoms with E-state index in [2.05, 4.69) is 25.8 Å². The van der Waals surface area contributed by atoms with Crippen molar-refractivity contribution in [2.45, 2.75) is 18.9 Å². The van der Waals surface area contributed by atoms with E-state index < -0.39 is 6.09 Å². The van der Waals surface area contributed by atoms with Gasteiger partial charge in [0.15, 0.2) is 11.6 Å². The molecule has 1 aliphatic rings. The zero-order valence-corrected chi connectivity index (χ0v) is 18.2. The average molecular weight is 457 g/mol. The molecule has 0 spiro atoms. The number of hydrogen-bond donors (Lipinski definition) is 4. The Balaban J connectivity index is 1.60. The van der Waals surface area contributed by atoms with Crippen LogP contribution >= 0.6 is 0 Å². The number of carbonyl (C=O) groups is 2. The quantitative estimate of drug-likeness (QED) is 0.329. The number of pyridine rings is 1. The predicted octanol–water partition coefficient (Wildman–Crippen LogP) is 2.17. The Morgan fingerprint density at radius 1 is 1.24 bits per heavy atom. The van der Waals surface area contributed by atoms with Crippen LogP contribution in [0.25, 0.3) is 0 Å². The lowest BCUT2D eigenvalue weighted by molar-refractivity contribution is -0.115. The van der Waals surface area contributed by atoms with Crippen molar-refractivity contribution < 1.29 is 24.2 Å². The number of benzene rings is 1. The van der Waals surface area contributed by atoms with Crippen LogP contribution in [0.3, 0.4) is 0 Å². The summed E-state index contributed by atoms with van der Waals surface area (Å²) in [5, 5.41) is 23.0. The zero-order valence-electron chi connectivity index (χ0n) is 18.2. The zero-order chi connectivity index (χ0) is 23.6. The second kappa shape index (κ2) is 11.7. The topological polar surface area (TPSA) is 164 Å². The number of nitrogens with zero attached hydrogens (tertiary/aromatic N) is 4. The highest BCUT2D eigenvalue weighted by Gasteiger charge is 2.29. The molecule has 1 fully saturated rings. The van der Waals surface area contributed by atoms with Gasteiger partial charge in [0.25, 0.3) is 0 Å². The van der Waals surface area contributed by atoms with E-state index in [-0.39, 0.29) is 37.7 Å². The second-order valence-electron chi connectivity index (χ2n) is 7.19. The van der Waals surface area contributed by atoms with Crippen LogP contribution in [0.4, 0.5) is 27.8 Å². The largest absolute Gasteiger partial charge is 0.455 e. The summed E-state index contributed by atoms with van der Waals surface area (Å²) in [7, 11) is 1.66. The number of ether oxygens (including phenoxy) is 2. The lowest BCUT2D eigenvalue weighted by Crippen LogP contribution is -2.38. The molecule has 5 N–H and O–H groups in total. The molecular weight excluding hydrogens is 430 g/mol. The van der Waals surface area contributed by atoms with E-state index in [0.717, 1.165) is 12.8 Å². The number of anilines is 2. The SMILES string of the molecule is CNCC(=O)Nc1ccc(N=Nc2ccccc2OCOC(=O)N2CCCC2CO)c(N)n1. The highest BCUT2D eigenvalue weighted by Crippen LogP contribution is 2.30. The number of rotatable bonds is 9. The van der Waals surface area contributed by atoms with Gasteiger partial charge in [0.05, 0.1) is 19.2 Å². The van der Waals surface area contributed by atoms with Gasteiger partial charge in [-0.1, -0.05) is 12.1 Å². The molecule has 1 aromatic carbocycles. The number of hydrogen-bond acceptors (Lipinski definition) is 10. The Morgan fingerprint density at radius 3 is 2.79 bits per heavy atom. The summed E-state index contributed by atoms with van der Waals surface area (Å²) in [6, 6.07) is 9.77. The van der Waals surface area contributed by atoms with Gasteiger partial charge in [-0.25, -0.2) is 9.78 Å². The van der Waals surface area contributed by atoms with Crippen LogP contribution in [0, 0.1) is 0 Å². The fourth-order valence-electron chi connectivity index (χ4n) is 3.23. The van der Waals surface area contributed by atoms with Crippen LogP contribution in [0.5, 0.6) is 5.75 Å².